The Morgan fingerprint density at radius 1 is 1.62 bits per heavy atom. The van der Waals surface area contributed by atoms with Gasteiger partial charge in [0.15, 0.2) is 0 Å². The summed E-state index contributed by atoms with van der Waals surface area (Å²) in [4.78, 5) is 28.3. The van der Waals surface area contributed by atoms with E-state index < -0.39 is 17.5 Å². The number of carbonyl (C=O) groups excluding carboxylic acids is 2. The van der Waals surface area contributed by atoms with Crippen molar-refractivity contribution in [1.82, 2.24) is 10.2 Å². The topological polar surface area (TPSA) is 80.2 Å². The van der Waals surface area contributed by atoms with Crippen molar-refractivity contribution in [3.8, 4) is 0 Å². The van der Waals surface area contributed by atoms with Gasteiger partial charge in [-0.2, -0.15) is 0 Å². The Bertz CT molecular complexity index is 338. The SMILES string of the molecule is CNC(=O)ON=C1OCC(C)(C)N(C)C1=O. The van der Waals surface area contributed by atoms with Crippen LogP contribution in [0.1, 0.15) is 13.8 Å². The Kier molecular flexibility index (Phi) is 3.36. The van der Waals surface area contributed by atoms with Crippen LogP contribution in [0, 0.1) is 0 Å². The van der Waals surface area contributed by atoms with Crippen molar-refractivity contribution in [2.75, 3.05) is 20.7 Å². The third-order valence-electron chi connectivity index (χ3n) is 2.37. The van der Waals surface area contributed by atoms with Gasteiger partial charge in [0.05, 0.1) is 5.54 Å². The summed E-state index contributed by atoms with van der Waals surface area (Å²) in [6, 6.07) is 0. The second-order valence-electron chi connectivity index (χ2n) is 3.99. The van der Waals surface area contributed by atoms with Gasteiger partial charge >= 0.3 is 17.9 Å². The summed E-state index contributed by atoms with van der Waals surface area (Å²) in [5.41, 5.74) is -0.400. The molecule has 0 aromatic carbocycles. The first kappa shape index (κ1) is 12.3. The number of nitrogens with one attached hydrogen (secondary N) is 1. The van der Waals surface area contributed by atoms with Crippen molar-refractivity contribution in [2.45, 2.75) is 19.4 Å². The lowest BCUT2D eigenvalue weighted by atomic mass is 10.0. The van der Waals surface area contributed by atoms with E-state index in [2.05, 4.69) is 15.3 Å². The number of rotatable bonds is 1. The number of hydrogen-bond acceptors (Lipinski definition) is 5. The molecule has 16 heavy (non-hydrogen) atoms. The molecule has 0 spiro atoms. The molecule has 1 rings (SSSR count). The van der Waals surface area contributed by atoms with Gasteiger partial charge in [-0.1, -0.05) is 0 Å². The van der Waals surface area contributed by atoms with Gasteiger partial charge in [-0.15, -0.1) is 0 Å². The van der Waals surface area contributed by atoms with Gasteiger partial charge in [-0.25, -0.2) is 4.79 Å². The summed E-state index contributed by atoms with van der Waals surface area (Å²) in [6.45, 7) is 4.02. The van der Waals surface area contributed by atoms with E-state index in [0.29, 0.717) is 6.61 Å². The Labute approximate surface area is 93.4 Å². The van der Waals surface area contributed by atoms with Gasteiger partial charge in [0.2, 0.25) is 0 Å². The molecule has 7 heteroatoms. The van der Waals surface area contributed by atoms with Crippen LogP contribution in [0.15, 0.2) is 5.16 Å². The minimum atomic E-state index is -0.753. The number of ether oxygens (including phenoxy) is 1. The molecule has 2 amide bonds. The van der Waals surface area contributed by atoms with Gasteiger partial charge < -0.3 is 15.0 Å². The molecule has 0 bridgehead atoms. The second-order valence-corrected chi connectivity index (χ2v) is 3.99. The third-order valence-corrected chi connectivity index (χ3v) is 2.37. The summed E-state index contributed by atoms with van der Waals surface area (Å²) in [5.74, 6) is -0.634. The number of carbonyl (C=O) groups is 2. The van der Waals surface area contributed by atoms with Crippen LogP contribution in [0.2, 0.25) is 0 Å². The Balaban J connectivity index is 2.72. The molecular formula is C9H15N3O4. The molecule has 7 nitrogen and oxygen atoms in total. The van der Waals surface area contributed by atoms with Gasteiger partial charge in [-0.05, 0) is 19.0 Å². The minimum Gasteiger partial charge on any atom is -0.469 e. The standard InChI is InChI=1S/C9H15N3O4/c1-9(2)5-15-6(7(13)12(9)4)11-16-8(14)10-3/h5H2,1-4H3,(H,10,14). The minimum absolute atomic E-state index is 0.217. The number of likely N-dealkylation sites (N-methyl/N-ethyl adjacent to an activating group) is 1. The fourth-order valence-electron chi connectivity index (χ4n) is 1.02. The molecule has 0 aromatic rings. The molecule has 90 valence electrons. The number of amides is 2. The van der Waals surface area contributed by atoms with E-state index in [9.17, 15) is 9.59 Å². The molecule has 1 saturated heterocycles. The molecule has 1 aliphatic rings. The monoisotopic (exact) mass is 229 g/mol. The van der Waals surface area contributed by atoms with Crippen LogP contribution >= 0.6 is 0 Å². The lowest BCUT2D eigenvalue weighted by Gasteiger charge is -2.38. The zero-order chi connectivity index (χ0) is 12.3. The smallest absolute Gasteiger partial charge is 0.433 e. The highest BCUT2D eigenvalue weighted by atomic mass is 16.7. The van der Waals surface area contributed by atoms with E-state index in [1.807, 2.05) is 13.8 Å². The van der Waals surface area contributed by atoms with Crippen molar-refractivity contribution in [3.63, 3.8) is 0 Å². The van der Waals surface area contributed by atoms with Crippen LogP contribution in [-0.4, -0.2) is 49.0 Å². The summed E-state index contributed by atoms with van der Waals surface area (Å²) >= 11 is 0. The summed E-state index contributed by atoms with van der Waals surface area (Å²) in [5, 5.41) is 5.54. The van der Waals surface area contributed by atoms with E-state index in [0.717, 1.165) is 0 Å². The summed E-state index contributed by atoms with van der Waals surface area (Å²) in [7, 11) is 3.03. The molecule has 0 saturated carbocycles. The molecule has 1 fully saturated rings. The summed E-state index contributed by atoms with van der Waals surface area (Å²) in [6.07, 6.45) is -0.753. The number of nitrogens with zero attached hydrogens (tertiary/aromatic N) is 2. The van der Waals surface area contributed by atoms with Gasteiger partial charge in [0.1, 0.15) is 6.61 Å². The predicted molar refractivity (Wildman–Crippen MR) is 55.8 cm³/mol. The first-order valence-electron chi connectivity index (χ1n) is 4.76. The maximum Gasteiger partial charge on any atom is 0.433 e. The molecule has 0 unspecified atom stereocenters. The average Bonchev–Trinajstić information content (AvgIpc) is 2.25. The zero-order valence-corrected chi connectivity index (χ0v) is 9.73. The maximum absolute atomic E-state index is 11.7. The highest BCUT2D eigenvalue weighted by Gasteiger charge is 2.38. The van der Waals surface area contributed by atoms with E-state index in [1.165, 1.54) is 11.9 Å². The Morgan fingerprint density at radius 2 is 2.25 bits per heavy atom. The summed E-state index contributed by atoms with van der Waals surface area (Å²) < 4.78 is 5.12. The molecule has 1 heterocycles. The average molecular weight is 229 g/mol. The molecule has 0 atom stereocenters. The fraction of sp³-hybridized carbons (Fsp3) is 0.667. The van der Waals surface area contributed by atoms with Crippen molar-refractivity contribution in [1.29, 1.82) is 0 Å². The van der Waals surface area contributed by atoms with Crippen LogP contribution in [0.3, 0.4) is 0 Å². The lowest BCUT2D eigenvalue weighted by Crippen LogP contribution is -2.56. The van der Waals surface area contributed by atoms with E-state index in [4.69, 9.17) is 4.74 Å². The van der Waals surface area contributed by atoms with Gasteiger partial charge in [0, 0.05) is 14.1 Å². The molecular weight excluding hydrogens is 214 g/mol. The molecule has 0 aliphatic carbocycles. The third kappa shape index (κ3) is 2.41. The van der Waals surface area contributed by atoms with Crippen molar-refractivity contribution in [2.24, 2.45) is 5.16 Å². The Hall–Kier alpha value is -1.79. The number of morpholine rings is 1. The van der Waals surface area contributed by atoms with Gasteiger partial charge in [0.25, 0.3) is 0 Å². The van der Waals surface area contributed by atoms with Crippen LogP contribution in [0.4, 0.5) is 4.79 Å². The number of hydrogen-bond donors (Lipinski definition) is 1. The first-order valence-corrected chi connectivity index (χ1v) is 4.76. The second kappa shape index (κ2) is 4.38. The van der Waals surface area contributed by atoms with Crippen LogP contribution < -0.4 is 5.32 Å². The van der Waals surface area contributed by atoms with Crippen molar-refractivity contribution in [3.05, 3.63) is 0 Å². The lowest BCUT2D eigenvalue weighted by molar-refractivity contribution is -0.134. The maximum atomic E-state index is 11.7. The van der Waals surface area contributed by atoms with E-state index in [-0.39, 0.29) is 5.90 Å². The quantitative estimate of drug-likeness (QED) is 0.504. The van der Waals surface area contributed by atoms with E-state index in [1.54, 1.807) is 7.05 Å². The molecule has 1 N–H and O–H groups in total. The largest absolute Gasteiger partial charge is 0.469 e. The molecule has 1 aliphatic heterocycles. The van der Waals surface area contributed by atoms with Crippen LogP contribution in [-0.2, 0) is 14.4 Å². The molecule has 0 aromatic heterocycles. The van der Waals surface area contributed by atoms with Gasteiger partial charge in [-0.3, -0.25) is 9.63 Å². The Morgan fingerprint density at radius 3 is 2.81 bits per heavy atom. The first-order chi connectivity index (χ1) is 7.38. The predicted octanol–water partition coefficient (Wildman–Crippen LogP) is -0.0769. The normalized spacial score (nSPS) is 21.6. The van der Waals surface area contributed by atoms with Crippen molar-refractivity contribution >= 4 is 17.9 Å². The van der Waals surface area contributed by atoms with Crippen LogP contribution in [0.5, 0.6) is 0 Å². The highest BCUT2D eigenvalue weighted by molar-refractivity contribution is 6.35. The van der Waals surface area contributed by atoms with Crippen LogP contribution in [0.25, 0.3) is 0 Å². The fourth-order valence-corrected chi connectivity index (χ4v) is 1.02. The highest BCUT2D eigenvalue weighted by Crippen LogP contribution is 2.18. The van der Waals surface area contributed by atoms with Crippen molar-refractivity contribution < 1.29 is 19.2 Å². The molecule has 0 radical (unpaired) electrons. The number of oxime groups is 1. The van der Waals surface area contributed by atoms with E-state index >= 15 is 0 Å². The zero-order valence-electron chi connectivity index (χ0n) is 9.73.